The van der Waals surface area contributed by atoms with Crippen molar-refractivity contribution >= 4 is 17.7 Å². The minimum atomic E-state index is 0.543. The minimum absolute atomic E-state index is 0.543. The number of nitrogens with zero attached hydrogens (tertiary/aromatic N) is 3. The van der Waals surface area contributed by atoms with Gasteiger partial charge in [-0.2, -0.15) is 16.7 Å². The molecule has 0 amide bonds. The van der Waals surface area contributed by atoms with Gasteiger partial charge in [-0.3, -0.25) is 5.10 Å². The molecular weight excluding hydrogens is 246 g/mol. The molecule has 0 aliphatic carbocycles. The molecule has 5 nitrogen and oxygen atoms in total. The van der Waals surface area contributed by atoms with Gasteiger partial charge >= 0.3 is 0 Å². The number of rotatable bonds is 3. The molecule has 2 aliphatic heterocycles. The summed E-state index contributed by atoms with van der Waals surface area (Å²) >= 11 is 2.00. The van der Waals surface area contributed by atoms with Gasteiger partial charge in [0, 0.05) is 19.1 Å². The van der Waals surface area contributed by atoms with Gasteiger partial charge in [-0.05, 0) is 38.5 Å². The Balaban J connectivity index is 1.62. The van der Waals surface area contributed by atoms with E-state index in [0.717, 1.165) is 24.9 Å². The molecule has 0 saturated carbocycles. The molecule has 0 radical (unpaired) electrons. The van der Waals surface area contributed by atoms with Crippen LogP contribution in [0.1, 0.15) is 36.8 Å². The number of hydrogen-bond donors (Lipinski definition) is 2. The van der Waals surface area contributed by atoms with Gasteiger partial charge in [-0.1, -0.05) is 0 Å². The van der Waals surface area contributed by atoms with Crippen molar-refractivity contribution in [3.05, 3.63) is 5.82 Å². The first-order valence-electron chi connectivity index (χ1n) is 6.83. The molecule has 1 unspecified atom stereocenters. The first-order chi connectivity index (χ1) is 8.86. The van der Waals surface area contributed by atoms with Crippen LogP contribution in [0.25, 0.3) is 0 Å². The summed E-state index contributed by atoms with van der Waals surface area (Å²) in [5, 5.41) is 11.4. The molecule has 2 aliphatic rings. The van der Waals surface area contributed by atoms with Crippen molar-refractivity contribution in [1.29, 1.82) is 0 Å². The second-order valence-electron chi connectivity index (χ2n) is 5.07. The van der Waals surface area contributed by atoms with Crippen LogP contribution in [0.2, 0.25) is 0 Å². The fraction of sp³-hybridized carbons (Fsp3) is 0.833. The molecule has 1 aromatic heterocycles. The fourth-order valence-electron chi connectivity index (χ4n) is 2.71. The van der Waals surface area contributed by atoms with Crippen LogP contribution in [0.4, 0.5) is 5.95 Å². The molecule has 0 aromatic carbocycles. The van der Waals surface area contributed by atoms with E-state index < -0.39 is 0 Å². The second-order valence-corrected chi connectivity index (χ2v) is 6.38. The summed E-state index contributed by atoms with van der Waals surface area (Å²) in [5.41, 5.74) is 0. The third kappa shape index (κ3) is 2.49. The van der Waals surface area contributed by atoms with E-state index >= 15 is 0 Å². The van der Waals surface area contributed by atoms with Gasteiger partial charge in [-0.25, -0.2) is 0 Å². The SMILES string of the molecule is CNC1CCN(c2n[nH]c(C3CCCS3)n2)CC1. The maximum atomic E-state index is 4.68. The minimum Gasteiger partial charge on any atom is -0.339 e. The summed E-state index contributed by atoms with van der Waals surface area (Å²) in [4.78, 5) is 6.98. The highest BCUT2D eigenvalue weighted by Gasteiger charge is 2.24. The molecule has 0 spiro atoms. The third-order valence-corrected chi connectivity index (χ3v) is 5.30. The smallest absolute Gasteiger partial charge is 0.244 e. The van der Waals surface area contributed by atoms with Crippen LogP contribution in [0.15, 0.2) is 0 Å². The van der Waals surface area contributed by atoms with Crippen LogP contribution < -0.4 is 10.2 Å². The average molecular weight is 267 g/mol. The van der Waals surface area contributed by atoms with Gasteiger partial charge in [0.15, 0.2) is 0 Å². The van der Waals surface area contributed by atoms with Crippen LogP contribution >= 0.6 is 11.8 Å². The van der Waals surface area contributed by atoms with Gasteiger partial charge in [0.1, 0.15) is 5.82 Å². The van der Waals surface area contributed by atoms with E-state index in [1.807, 2.05) is 18.8 Å². The predicted octanol–water partition coefficient (Wildman–Crippen LogP) is 1.56. The number of thioether (sulfide) groups is 1. The Labute approximate surface area is 112 Å². The van der Waals surface area contributed by atoms with Gasteiger partial charge in [-0.15, -0.1) is 5.10 Å². The number of hydrogen-bond acceptors (Lipinski definition) is 5. The molecular formula is C12H21N5S. The molecule has 6 heteroatoms. The standard InChI is InChI=1S/C12H21N5S/c1-13-9-4-6-17(7-5-9)12-14-11(15-16-12)10-3-2-8-18-10/h9-10,13H,2-8H2,1H3,(H,14,15,16). The van der Waals surface area contributed by atoms with E-state index in [1.54, 1.807) is 0 Å². The van der Waals surface area contributed by atoms with E-state index in [-0.39, 0.29) is 0 Å². The van der Waals surface area contributed by atoms with Crippen LogP contribution in [-0.4, -0.2) is 47.1 Å². The highest BCUT2D eigenvalue weighted by atomic mass is 32.2. The van der Waals surface area contributed by atoms with Crippen LogP contribution in [0.5, 0.6) is 0 Å². The molecule has 2 fully saturated rings. The second kappa shape index (κ2) is 5.48. The molecule has 2 N–H and O–H groups in total. The van der Waals surface area contributed by atoms with Gasteiger partial charge in [0.05, 0.1) is 5.25 Å². The topological polar surface area (TPSA) is 56.8 Å². The summed E-state index contributed by atoms with van der Waals surface area (Å²) in [5.74, 6) is 3.23. The molecule has 3 rings (SSSR count). The molecule has 1 aromatic rings. The lowest BCUT2D eigenvalue weighted by Crippen LogP contribution is -2.41. The van der Waals surface area contributed by atoms with Crippen LogP contribution in [0.3, 0.4) is 0 Å². The Hall–Kier alpha value is -0.750. The largest absolute Gasteiger partial charge is 0.339 e. The van der Waals surface area contributed by atoms with Crippen molar-refractivity contribution in [3.8, 4) is 0 Å². The van der Waals surface area contributed by atoms with E-state index in [0.29, 0.717) is 11.3 Å². The Morgan fingerprint density at radius 2 is 2.17 bits per heavy atom. The van der Waals surface area contributed by atoms with E-state index in [1.165, 1.54) is 31.4 Å². The summed E-state index contributed by atoms with van der Waals surface area (Å²) in [6.45, 7) is 2.11. The fourth-order valence-corrected chi connectivity index (χ4v) is 3.93. The highest BCUT2D eigenvalue weighted by Crippen LogP contribution is 2.38. The molecule has 2 saturated heterocycles. The zero-order valence-corrected chi connectivity index (χ0v) is 11.7. The van der Waals surface area contributed by atoms with Crippen LogP contribution in [0, 0.1) is 0 Å². The van der Waals surface area contributed by atoms with Crippen molar-refractivity contribution in [2.75, 3.05) is 30.8 Å². The average Bonchev–Trinajstić information content (AvgIpc) is 3.09. The normalized spacial score (nSPS) is 25.8. The maximum Gasteiger partial charge on any atom is 0.244 e. The number of H-pyrrole nitrogens is 1. The van der Waals surface area contributed by atoms with Gasteiger partial charge < -0.3 is 10.2 Å². The van der Waals surface area contributed by atoms with Gasteiger partial charge in [0.2, 0.25) is 5.95 Å². The summed E-state index contributed by atoms with van der Waals surface area (Å²) in [7, 11) is 2.04. The maximum absolute atomic E-state index is 4.68. The molecule has 100 valence electrons. The zero-order valence-electron chi connectivity index (χ0n) is 10.9. The lowest BCUT2D eigenvalue weighted by molar-refractivity contribution is 0.439. The molecule has 1 atom stereocenters. The van der Waals surface area contributed by atoms with E-state index in [2.05, 4.69) is 25.4 Å². The van der Waals surface area contributed by atoms with E-state index in [9.17, 15) is 0 Å². The number of piperidine rings is 1. The highest BCUT2D eigenvalue weighted by molar-refractivity contribution is 7.99. The third-order valence-electron chi connectivity index (χ3n) is 3.91. The number of nitrogens with one attached hydrogen (secondary N) is 2. The molecule has 0 bridgehead atoms. The van der Waals surface area contributed by atoms with Crippen molar-refractivity contribution in [3.63, 3.8) is 0 Å². The molecule has 18 heavy (non-hydrogen) atoms. The quantitative estimate of drug-likeness (QED) is 0.870. The first-order valence-corrected chi connectivity index (χ1v) is 7.88. The zero-order chi connectivity index (χ0) is 12.4. The lowest BCUT2D eigenvalue weighted by Gasteiger charge is -2.30. The Bertz CT molecular complexity index is 380. The van der Waals surface area contributed by atoms with Crippen molar-refractivity contribution < 1.29 is 0 Å². The first kappa shape index (κ1) is 12.3. The lowest BCUT2D eigenvalue weighted by atomic mass is 10.1. The summed E-state index contributed by atoms with van der Waals surface area (Å²) in [6, 6.07) is 0.657. The van der Waals surface area contributed by atoms with Crippen molar-refractivity contribution in [1.82, 2.24) is 20.5 Å². The number of aromatic nitrogens is 3. The Morgan fingerprint density at radius 3 is 2.83 bits per heavy atom. The van der Waals surface area contributed by atoms with Crippen molar-refractivity contribution in [2.24, 2.45) is 0 Å². The summed E-state index contributed by atoms with van der Waals surface area (Å²) in [6.07, 6.45) is 4.90. The number of anilines is 1. The number of aromatic amines is 1. The van der Waals surface area contributed by atoms with E-state index in [4.69, 9.17) is 0 Å². The van der Waals surface area contributed by atoms with Crippen LogP contribution in [-0.2, 0) is 0 Å². The Morgan fingerprint density at radius 1 is 1.33 bits per heavy atom. The monoisotopic (exact) mass is 267 g/mol. The Kier molecular flexibility index (Phi) is 3.75. The van der Waals surface area contributed by atoms with Gasteiger partial charge in [0.25, 0.3) is 0 Å². The predicted molar refractivity (Wildman–Crippen MR) is 75.1 cm³/mol. The molecule has 3 heterocycles. The van der Waals surface area contributed by atoms with Crippen molar-refractivity contribution in [2.45, 2.75) is 37.0 Å². The summed E-state index contributed by atoms with van der Waals surface area (Å²) < 4.78 is 0.